The van der Waals surface area contributed by atoms with Crippen molar-refractivity contribution in [1.29, 1.82) is 0 Å². The molecule has 0 aromatic rings. The number of rotatable bonds is 1. The van der Waals surface area contributed by atoms with E-state index in [1.165, 1.54) is 0 Å². The van der Waals surface area contributed by atoms with E-state index in [4.69, 9.17) is 10.5 Å². The van der Waals surface area contributed by atoms with Crippen molar-refractivity contribution in [3.63, 3.8) is 0 Å². The number of carbonyl (C=O) groups is 1. The van der Waals surface area contributed by atoms with E-state index in [2.05, 4.69) is 6.92 Å². The Morgan fingerprint density at radius 1 is 1.47 bits per heavy atom. The molecular weight excluding hydrogens is 192 g/mol. The fourth-order valence-electron chi connectivity index (χ4n) is 2.40. The smallest absolute Gasteiger partial charge is 0.252 e. The first-order chi connectivity index (χ1) is 7.18. The molecule has 4 heteroatoms. The normalized spacial score (nSPS) is 36.9. The Labute approximate surface area is 90.8 Å². The molecule has 3 atom stereocenters. The van der Waals surface area contributed by atoms with Crippen LogP contribution in [0.1, 0.15) is 26.2 Å². The summed E-state index contributed by atoms with van der Waals surface area (Å²) in [5.41, 5.74) is 5.86. The predicted octanol–water partition coefficient (Wildman–Crippen LogP) is 0.361. The van der Waals surface area contributed by atoms with E-state index in [0.29, 0.717) is 12.5 Å². The number of hydrogen-bond donors (Lipinski definition) is 1. The lowest BCUT2D eigenvalue weighted by atomic mass is 10.0. The zero-order chi connectivity index (χ0) is 10.8. The minimum absolute atomic E-state index is 0.148. The summed E-state index contributed by atoms with van der Waals surface area (Å²) >= 11 is 0. The van der Waals surface area contributed by atoms with Crippen LogP contribution in [-0.2, 0) is 9.53 Å². The van der Waals surface area contributed by atoms with Gasteiger partial charge in [-0.15, -0.1) is 0 Å². The third-order valence-electron chi connectivity index (χ3n) is 3.40. The van der Waals surface area contributed by atoms with Crippen molar-refractivity contribution in [3.8, 4) is 0 Å². The van der Waals surface area contributed by atoms with Gasteiger partial charge in [0.15, 0.2) is 0 Å². The Morgan fingerprint density at radius 2 is 2.27 bits per heavy atom. The van der Waals surface area contributed by atoms with Gasteiger partial charge in [0, 0.05) is 25.7 Å². The minimum atomic E-state index is -0.213. The summed E-state index contributed by atoms with van der Waals surface area (Å²) in [6, 6.07) is 0.152. The average Bonchev–Trinajstić information content (AvgIpc) is 2.63. The molecule has 1 amide bonds. The van der Waals surface area contributed by atoms with Crippen LogP contribution < -0.4 is 5.73 Å². The fraction of sp³-hybridized carbons (Fsp3) is 0.909. The third kappa shape index (κ3) is 2.32. The monoisotopic (exact) mass is 212 g/mol. The number of carbonyl (C=O) groups excluding carboxylic acids is 1. The van der Waals surface area contributed by atoms with Crippen LogP contribution in [0.5, 0.6) is 0 Å². The number of ether oxygens (including phenoxy) is 1. The number of hydrogen-bond acceptors (Lipinski definition) is 3. The Bertz CT molecular complexity index is 245. The van der Waals surface area contributed by atoms with Crippen LogP contribution in [0.2, 0.25) is 0 Å². The first-order valence-electron chi connectivity index (χ1n) is 5.84. The molecule has 0 saturated carbocycles. The Hall–Kier alpha value is -0.610. The summed E-state index contributed by atoms with van der Waals surface area (Å²) in [5.74, 6) is 0.505. The molecule has 4 nitrogen and oxygen atoms in total. The predicted molar refractivity (Wildman–Crippen MR) is 57.3 cm³/mol. The molecule has 2 aliphatic rings. The highest BCUT2D eigenvalue weighted by Crippen LogP contribution is 2.23. The molecule has 0 spiro atoms. The Balaban J connectivity index is 1.94. The van der Waals surface area contributed by atoms with E-state index in [0.717, 1.165) is 32.4 Å². The lowest BCUT2D eigenvalue weighted by Crippen LogP contribution is -2.50. The Kier molecular flexibility index (Phi) is 3.26. The maximum atomic E-state index is 12.1. The van der Waals surface area contributed by atoms with E-state index in [-0.39, 0.29) is 18.1 Å². The van der Waals surface area contributed by atoms with Crippen molar-refractivity contribution in [1.82, 2.24) is 4.90 Å². The van der Waals surface area contributed by atoms with Gasteiger partial charge in [0.2, 0.25) is 0 Å². The maximum Gasteiger partial charge on any atom is 0.252 e. The molecule has 3 unspecified atom stereocenters. The number of nitrogens with zero attached hydrogens (tertiary/aromatic N) is 1. The number of piperidine rings is 1. The number of nitrogens with two attached hydrogens (primary N) is 1. The van der Waals surface area contributed by atoms with Crippen LogP contribution in [-0.4, -0.2) is 42.6 Å². The second-order valence-corrected chi connectivity index (χ2v) is 4.74. The fourth-order valence-corrected chi connectivity index (χ4v) is 2.40. The molecule has 86 valence electrons. The lowest BCUT2D eigenvalue weighted by molar-refractivity contribution is -0.143. The molecule has 2 aliphatic heterocycles. The largest absolute Gasteiger partial charge is 0.368 e. The second kappa shape index (κ2) is 4.49. The van der Waals surface area contributed by atoms with Crippen molar-refractivity contribution in [2.24, 2.45) is 11.7 Å². The van der Waals surface area contributed by atoms with Crippen LogP contribution in [0.4, 0.5) is 0 Å². The van der Waals surface area contributed by atoms with Gasteiger partial charge >= 0.3 is 0 Å². The molecule has 15 heavy (non-hydrogen) atoms. The molecule has 0 radical (unpaired) electrons. The van der Waals surface area contributed by atoms with Gasteiger partial charge in [0.05, 0.1) is 0 Å². The van der Waals surface area contributed by atoms with Crippen molar-refractivity contribution >= 4 is 5.91 Å². The molecule has 0 aliphatic carbocycles. The van der Waals surface area contributed by atoms with Crippen LogP contribution >= 0.6 is 0 Å². The average molecular weight is 212 g/mol. The van der Waals surface area contributed by atoms with E-state index in [1.807, 2.05) is 4.90 Å². The minimum Gasteiger partial charge on any atom is -0.368 e. The molecule has 2 fully saturated rings. The molecule has 0 aromatic carbocycles. The highest BCUT2D eigenvalue weighted by molar-refractivity contribution is 5.81. The SMILES string of the molecule is CC1CCOC1C(=O)N1CCCC(N)C1. The van der Waals surface area contributed by atoms with Crippen LogP contribution in [0.25, 0.3) is 0 Å². The van der Waals surface area contributed by atoms with E-state index in [1.54, 1.807) is 0 Å². The third-order valence-corrected chi connectivity index (χ3v) is 3.40. The molecule has 0 bridgehead atoms. The topological polar surface area (TPSA) is 55.6 Å². The quantitative estimate of drug-likeness (QED) is 0.683. The molecule has 2 rings (SSSR count). The molecule has 2 heterocycles. The van der Waals surface area contributed by atoms with E-state index < -0.39 is 0 Å². The number of amides is 1. The summed E-state index contributed by atoms with van der Waals surface area (Å²) in [6.07, 6.45) is 2.84. The summed E-state index contributed by atoms with van der Waals surface area (Å²) in [6.45, 7) is 4.35. The molecule has 2 N–H and O–H groups in total. The van der Waals surface area contributed by atoms with Gasteiger partial charge in [-0.1, -0.05) is 6.92 Å². The highest BCUT2D eigenvalue weighted by Gasteiger charge is 2.35. The van der Waals surface area contributed by atoms with Crippen molar-refractivity contribution in [3.05, 3.63) is 0 Å². The second-order valence-electron chi connectivity index (χ2n) is 4.74. The first-order valence-corrected chi connectivity index (χ1v) is 5.84. The zero-order valence-corrected chi connectivity index (χ0v) is 9.32. The Morgan fingerprint density at radius 3 is 2.87 bits per heavy atom. The van der Waals surface area contributed by atoms with Gasteiger partial charge in [-0.25, -0.2) is 0 Å². The lowest BCUT2D eigenvalue weighted by Gasteiger charge is -2.33. The van der Waals surface area contributed by atoms with Crippen LogP contribution in [0, 0.1) is 5.92 Å². The standard InChI is InChI=1S/C11H20N2O2/c1-8-4-6-15-10(8)11(14)13-5-2-3-9(12)7-13/h8-10H,2-7,12H2,1H3. The van der Waals surface area contributed by atoms with Crippen LogP contribution in [0.15, 0.2) is 0 Å². The maximum absolute atomic E-state index is 12.1. The van der Waals surface area contributed by atoms with Crippen molar-refractivity contribution in [2.45, 2.75) is 38.3 Å². The summed E-state index contributed by atoms with van der Waals surface area (Å²) in [4.78, 5) is 14.0. The van der Waals surface area contributed by atoms with Gasteiger partial charge in [-0.2, -0.15) is 0 Å². The summed E-state index contributed by atoms with van der Waals surface area (Å²) in [7, 11) is 0. The van der Waals surface area contributed by atoms with Gasteiger partial charge in [0.1, 0.15) is 6.10 Å². The van der Waals surface area contributed by atoms with Crippen molar-refractivity contribution in [2.75, 3.05) is 19.7 Å². The van der Waals surface area contributed by atoms with Gasteiger partial charge in [-0.05, 0) is 25.2 Å². The van der Waals surface area contributed by atoms with Crippen molar-refractivity contribution < 1.29 is 9.53 Å². The molecular formula is C11H20N2O2. The highest BCUT2D eigenvalue weighted by atomic mass is 16.5. The summed E-state index contributed by atoms with van der Waals surface area (Å²) in [5, 5.41) is 0. The van der Waals surface area contributed by atoms with E-state index in [9.17, 15) is 4.79 Å². The van der Waals surface area contributed by atoms with Crippen LogP contribution in [0.3, 0.4) is 0 Å². The molecule has 0 aromatic heterocycles. The van der Waals surface area contributed by atoms with Gasteiger partial charge < -0.3 is 15.4 Å². The molecule has 2 saturated heterocycles. The first kappa shape index (κ1) is 10.9. The van der Waals surface area contributed by atoms with Gasteiger partial charge in [-0.3, -0.25) is 4.79 Å². The zero-order valence-electron chi connectivity index (χ0n) is 9.32. The van der Waals surface area contributed by atoms with Gasteiger partial charge in [0.25, 0.3) is 5.91 Å². The number of likely N-dealkylation sites (tertiary alicyclic amines) is 1. The van der Waals surface area contributed by atoms with E-state index >= 15 is 0 Å². The summed E-state index contributed by atoms with van der Waals surface area (Å²) < 4.78 is 5.48.